The van der Waals surface area contributed by atoms with Crippen molar-refractivity contribution in [3.63, 3.8) is 0 Å². The van der Waals surface area contributed by atoms with Gasteiger partial charge in [0, 0.05) is 19.6 Å². The topological polar surface area (TPSA) is 32.3 Å². The van der Waals surface area contributed by atoms with Gasteiger partial charge < -0.3 is 10.2 Å². The molecule has 1 saturated carbocycles. The number of hydrogen-bond acceptors (Lipinski definition) is 2. The zero-order valence-electron chi connectivity index (χ0n) is 11.1. The summed E-state index contributed by atoms with van der Waals surface area (Å²) in [5, 5.41) is 3.38. The van der Waals surface area contributed by atoms with Crippen LogP contribution in [-0.2, 0) is 4.79 Å². The second-order valence-corrected chi connectivity index (χ2v) is 6.06. The average molecular weight is 238 g/mol. The van der Waals surface area contributed by atoms with E-state index in [2.05, 4.69) is 12.2 Å². The normalized spacial score (nSPS) is 23.9. The molecule has 3 heteroatoms. The second kappa shape index (κ2) is 5.85. The van der Waals surface area contributed by atoms with Crippen LogP contribution in [0.25, 0.3) is 0 Å². The molecule has 1 saturated heterocycles. The third-order valence-corrected chi connectivity index (χ3v) is 4.35. The molecule has 98 valence electrons. The molecular formula is C14H26N2O. The lowest BCUT2D eigenvalue weighted by atomic mass is 9.76. The molecule has 2 rings (SSSR count). The van der Waals surface area contributed by atoms with Crippen molar-refractivity contribution in [3.8, 4) is 0 Å². The second-order valence-electron chi connectivity index (χ2n) is 6.06. The molecule has 1 heterocycles. The van der Waals surface area contributed by atoms with E-state index in [1.807, 2.05) is 4.90 Å². The predicted molar refractivity (Wildman–Crippen MR) is 69.9 cm³/mol. The average Bonchev–Trinajstić information content (AvgIpc) is 2.83. The van der Waals surface area contributed by atoms with Crippen molar-refractivity contribution >= 4 is 5.91 Å². The van der Waals surface area contributed by atoms with E-state index in [1.54, 1.807) is 0 Å². The van der Waals surface area contributed by atoms with Crippen LogP contribution in [0.4, 0.5) is 0 Å². The van der Waals surface area contributed by atoms with Gasteiger partial charge in [0.2, 0.25) is 5.91 Å². The zero-order chi connectivity index (χ0) is 12.1. The van der Waals surface area contributed by atoms with Gasteiger partial charge in [-0.25, -0.2) is 0 Å². The molecule has 0 radical (unpaired) electrons. The Hall–Kier alpha value is -0.570. The minimum Gasteiger partial charge on any atom is -0.342 e. The van der Waals surface area contributed by atoms with Gasteiger partial charge in [-0.1, -0.05) is 26.2 Å². The van der Waals surface area contributed by atoms with Crippen molar-refractivity contribution in [2.75, 3.05) is 26.2 Å². The molecule has 1 N–H and O–H groups in total. The van der Waals surface area contributed by atoms with Crippen molar-refractivity contribution in [2.24, 2.45) is 5.41 Å². The number of nitrogens with one attached hydrogen (secondary N) is 1. The van der Waals surface area contributed by atoms with Crippen molar-refractivity contribution in [1.29, 1.82) is 0 Å². The number of carbonyl (C=O) groups excluding carboxylic acids is 1. The molecular weight excluding hydrogens is 212 g/mol. The van der Waals surface area contributed by atoms with E-state index in [9.17, 15) is 4.79 Å². The Kier molecular flexibility index (Phi) is 4.43. The Bertz CT molecular complexity index is 253. The molecule has 0 spiro atoms. The molecule has 0 aromatic heterocycles. The van der Waals surface area contributed by atoms with E-state index in [0.717, 1.165) is 19.6 Å². The van der Waals surface area contributed by atoms with Crippen molar-refractivity contribution < 1.29 is 4.79 Å². The van der Waals surface area contributed by atoms with Crippen molar-refractivity contribution in [1.82, 2.24) is 10.2 Å². The maximum absolute atomic E-state index is 11.9. The SMILES string of the molecule is CC1(CNCC(=O)N2CCCC2)CCCCC1. The summed E-state index contributed by atoms with van der Waals surface area (Å²) >= 11 is 0. The molecule has 3 nitrogen and oxygen atoms in total. The standard InChI is InChI=1S/C14H26N2O/c1-14(7-3-2-4-8-14)12-15-11-13(17)16-9-5-6-10-16/h15H,2-12H2,1H3. The molecule has 2 aliphatic rings. The first kappa shape index (κ1) is 12.9. The van der Waals surface area contributed by atoms with E-state index in [4.69, 9.17) is 0 Å². The van der Waals surface area contributed by atoms with Crippen LogP contribution in [0.15, 0.2) is 0 Å². The number of carbonyl (C=O) groups is 1. The summed E-state index contributed by atoms with van der Waals surface area (Å²) in [7, 11) is 0. The number of likely N-dealkylation sites (tertiary alicyclic amines) is 1. The van der Waals surface area contributed by atoms with E-state index in [0.29, 0.717) is 17.9 Å². The lowest BCUT2D eigenvalue weighted by Gasteiger charge is -2.33. The van der Waals surface area contributed by atoms with Crippen LogP contribution in [-0.4, -0.2) is 37.0 Å². The van der Waals surface area contributed by atoms with E-state index in [-0.39, 0.29) is 0 Å². The Morgan fingerprint density at radius 3 is 2.41 bits per heavy atom. The molecule has 0 atom stereocenters. The molecule has 0 aromatic carbocycles. The molecule has 0 aromatic rings. The molecule has 0 unspecified atom stereocenters. The molecule has 1 amide bonds. The van der Waals surface area contributed by atoms with Gasteiger partial charge >= 0.3 is 0 Å². The minimum atomic E-state index is 0.293. The maximum atomic E-state index is 11.9. The highest BCUT2D eigenvalue weighted by Gasteiger charge is 2.26. The quantitative estimate of drug-likeness (QED) is 0.814. The third-order valence-electron chi connectivity index (χ3n) is 4.35. The Balaban J connectivity index is 1.66. The van der Waals surface area contributed by atoms with Gasteiger partial charge in [-0.05, 0) is 31.1 Å². The van der Waals surface area contributed by atoms with Crippen LogP contribution in [0.2, 0.25) is 0 Å². The van der Waals surface area contributed by atoms with Gasteiger partial charge in [0.15, 0.2) is 0 Å². The Morgan fingerprint density at radius 1 is 1.12 bits per heavy atom. The summed E-state index contributed by atoms with van der Waals surface area (Å²) < 4.78 is 0. The molecule has 17 heavy (non-hydrogen) atoms. The van der Waals surface area contributed by atoms with Gasteiger partial charge in [0.25, 0.3) is 0 Å². The van der Waals surface area contributed by atoms with Crippen molar-refractivity contribution in [3.05, 3.63) is 0 Å². The van der Waals surface area contributed by atoms with E-state index < -0.39 is 0 Å². The van der Waals surface area contributed by atoms with Crippen LogP contribution in [0.5, 0.6) is 0 Å². The highest BCUT2D eigenvalue weighted by atomic mass is 16.2. The molecule has 1 aliphatic heterocycles. The first-order valence-electron chi connectivity index (χ1n) is 7.18. The number of amides is 1. The first-order valence-corrected chi connectivity index (χ1v) is 7.18. The Morgan fingerprint density at radius 2 is 1.76 bits per heavy atom. The predicted octanol–water partition coefficient (Wildman–Crippen LogP) is 2.17. The van der Waals surface area contributed by atoms with E-state index in [1.165, 1.54) is 44.9 Å². The van der Waals surface area contributed by atoms with Crippen LogP contribution >= 0.6 is 0 Å². The molecule has 0 bridgehead atoms. The van der Waals surface area contributed by atoms with Gasteiger partial charge in [-0.15, -0.1) is 0 Å². The van der Waals surface area contributed by atoms with E-state index >= 15 is 0 Å². The van der Waals surface area contributed by atoms with Crippen LogP contribution in [0, 0.1) is 5.41 Å². The summed E-state index contributed by atoms with van der Waals surface area (Å²) in [6.07, 6.45) is 9.11. The fourth-order valence-corrected chi connectivity index (χ4v) is 3.13. The smallest absolute Gasteiger partial charge is 0.236 e. The van der Waals surface area contributed by atoms with Crippen LogP contribution in [0.1, 0.15) is 51.9 Å². The van der Waals surface area contributed by atoms with Crippen LogP contribution < -0.4 is 5.32 Å². The van der Waals surface area contributed by atoms with Gasteiger partial charge in [0.05, 0.1) is 6.54 Å². The van der Waals surface area contributed by atoms with Crippen molar-refractivity contribution in [2.45, 2.75) is 51.9 Å². The van der Waals surface area contributed by atoms with Gasteiger partial charge in [-0.2, -0.15) is 0 Å². The Labute approximate surface area is 105 Å². The van der Waals surface area contributed by atoms with Gasteiger partial charge in [0.1, 0.15) is 0 Å². The summed E-state index contributed by atoms with van der Waals surface area (Å²) in [6, 6.07) is 0. The lowest BCUT2D eigenvalue weighted by molar-refractivity contribution is -0.129. The summed E-state index contributed by atoms with van der Waals surface area (Å²) in [5.74, 6) is 0.293. The zero-order valence-corrected chi connectivity index (χ0v) is 11.1. The van der Waals surface area contributed by atoms with Crippen LogP contribution in [0.3, 0.4) is 0 Å². The highest BCUT2D eigenvalue weighted by Crippen LogP contribution is 2.34. The molecule has 1 aliphatic carbocycles. The molecule has 2 fully saturated rings. The first-order chi connectivity index (χ1) is 8.20. The largest absolute Gasteiger partial charge is 0.342 e. The fraction of sp³-hybridized carbons (Fsp3) is 0.929. The third kappa shape index (κ3) is 3.70. The summed E-state index contributed by atoms with van der Waals surface area (Å²) in [6.45, 7) is 5.84. The number of nitrogens with zero attached hydrogens (tertiary/aromatic N) is 1. The lowest BCUT2D eigenvalue weighted by Crippen LogP contribution is -2.40. The fourth-order valence-electron chi connectivity index (χ4n) is 3.13. The number of hydrogen-bond donors (Lipinski definition) is 1. The summed E-state index contributed by atoms with van der Waals surface area (Å²) in [5.41, 5.74) is 0.434. The number of rotatable bonds is 4. The summed E-state index contributed by atoms with van der Waals surface area (Å²) in [4.78, 5) is 13.9. The van der Waals surface area contributed by atoms with Gasteiger partial charge in [-0.3, -0.25) is 4.79 Å². The maximum Gasteiger partial charge on any atom is 0.236 e. The highest BCUT2D eigenvalue weighted by molar-refractivity contribution is 5.78. The minimum absolute atomic E-state index is 0.293. The monoisotopic (exact) mass is 238 g/mol.